The van der Waals surface area contributed by atoms with Crippen molar-refractivity contribution >= 4 is 33.3 Å². The number of guanidine groups is 1. The number of aliphatic hydroxyl groups excluding tert-OH is 2. The Kier molecular flexibility index (Phi) is 10.1. The zero-order valence-electron chi connectivity index (χ0n) is 28.5. The molecule has 0 saturated heterocycles. The lowest BCUT2D eigenvalue weighted by molar-refractivity contribution is -0.125. The molecule has 5 N–H and O–H groups in total. The summed E-state index contributed by atoms with van der Waals surface area (Å²) < 4.78 is 0. The Morgan fingerprint density at radius 1 is 1.11 bits per heavy atom. The third-order valence-corrected chi connectivity index (χ3v) is 16.6. The van der Waals surface area contributed by atoms with Crippen LogP contribution in [0.2, 0.25) is 0 Å². The first kappa shape index (κ1) is 34.0. The minimum atomic E-state index is -0.173. The van der Waals surface area contributed by atoms with E-state index in [0.717, 1.165) is 81.4 Å². The Balaban J connectivity index is 1.18. The van der Waals surface area contributed by atoms with E-state index < -0.39 is 0 Å². The van der Waals surface area contributed by atoms with Crippen LogP contribution in [0.25, 0.3) is 0 Å². The van der Waals surface area contributed by atoms with Gasteiger partial charge in [-0.1, -0.05) is 77.6 Å². The van der Waals surface area contributed by atoms with Crippen molar-refractivity contribution < 1.29 is 15.0 Å². The molecule has 3 saturated carbocycles. The van der Waals surface area contributed by atoms with Crippen LogP contribution in [-0.4, -0.2) is 58.8 Å². The van der Waals surface area contributed by atoms with Gasteiger partial charge in [-0.05, 0) is 116 Å². The van der Waals surface area contributed by atoms with E-state index in [2.05, 4.69) is 36.5 Å². The van der Waals surface area contributed by atoms with Crippen molar-refractivity contribution in [2.45, 2.75) is 115 Å². The molecule has 258 valence electrons. The number of Topliss-reactive ketones (excluding diaryl/α,β-unsaturated/α-hetero) is 1. The Hall–Kier alpha value is -1.48. The van der Waals surface area contributed by atoms with Gasteiger partial charge in [-0.3, -0.25) is 9.79 Å². The second kappa shape index (κ2) is 14.0. The van der Waals surface area contributed by atoms with Crippen molar-refractivity contribution in [2.75, 3.05) is 31.3 Å². The Bertz CT molecular complexity index is 1380. The molecule has 6 nitrogen and oxygen atoms in total. The molecule has 0 unspecified atom stereocenters. The van der Waals surface area contributed by atoms with E-state index in [1.807, 2.05) is 21.6 Å². The number of rotatable bonds is 7. The topological polar surface area (TPSA) is 108 Å². The predicted octanol–water partition coefficient (Wildman–Crippen LogP) is 7.19. The normalized spacial score (nSPS) is 38.0. The molecule has 1 aromatic carbocycles. The maximum Gasteiger partial charge on any atom is 0.189 e. The number of aliphatic imine (C=N–C) groups is 1. The van der Waals surface area contributed by atoms with Gasteiger partial charge in [0, 0.05) is 49.0 Å². The Labute approximate surface area is 290 Å². The summed E-state index contributed by atoms with van der Waals surface area (Å²) in [5.74, 6) is 4.98. The van der Waals surface area contributed by atoms with Gasteiger partial charge in [0.1, 0.15) is 0 Å². The number of hydrogen-bond donors (Lipinski definition) is 4. The first-order chi connectivity index (χ1) is 22.8. The van der Waals surface area contributed by atoms with E-state index in [9.17, 15) is 15.0 Å². The number of allylic oxidation sites excluding steroid dienone is 2. The fourth-order valence-electron chi connectivity index (χ4n) is 11.6. The van der Waals surface area contributed by atoms with Gasteiger partial charge in [0.05, 0.1) is 5.54 Å². The molecule has 1 aromatic rings. The summed E-state index contributed by atoms with van der Waals surface area (Å²) in [5.41, 5.74) is 11.7. The molecular weight excluding hydrogens is 623 g/mol. The van der Waals surface area contributed by atoms with Crippen LogP contribution in [0.5, 0.6) is 0 Å². The maximum absolute atomic E-state index is 14.1. The summed E-state index contributed by atoms with van der Waals surface area (Å²) in [6.45, 7) is 3.59. The number of carbonyl (C=O) groups is 1. The van der Waals surface area contributed by atoms with Crippen molar-refractivity contribution in [1.29, 1.82) is 0 Å². The fraction of sp³-hybridized carbons (Fsp3) is 0.744. The fourth-order valence-corrected chi connectivity index (χ4v) is 14.5. The number of ketones is 1. The van der Waals surface area contributed by atoms with Crippen LogP contribution in [0.1, 0.15) is 114 Å². The van der Waals surface area contributed by atoms with Crippen molar-refractivity contribution in [1.82, 2.24) is 5.32 Å². The monoisotopic (exact) mass is 679 g/mol. The Morgan fingerprint density at radius 2 is 1.96 bits per heavy atom. The molecule has 2 heterocycles. The van der Waals surface area contributed by atoms with Gasteiger partial charge in [-0.15, -0.1) is 0 Å². The number of benzene rings is 1. The van der Waals surface area contributed by atoms with E-state index in [4.69, 9.17) is 10.7 Å². The van der Waals surface area contributed by atoms with Crippen molar-refractivity contribution in [3.63, 3.8) is 0 Å². The third kappa shape index (κ3) is 6.03. The van der Waals surface area contributed by atoms with Crippen LogP contribution in [0, 0.1) is 34.5 Å². The van der Waals surface area contributed by atoms with E-state index in [-0.39, 0.29) is 41.4 Å². The lowest BCUT2D eigenvalue weighted by Gasteiger charge is -2.57. The quantitative estimate of drug-likeness (QED) is 0.226. The number of carbonyl (C=O) groups excluding carboxylic acids is 1. The van der Waals surface area contributed by atoms with Crippen molar-refractivity contribution in [3.05, 3.63) is 46.5 Å². The van der Waals surface area contributed by atoms with E-state index in [1.165, 1.54) is 48.8 Å². The van der Waals surface area contributed by atoms with E-state index >= 15 is 0 Å². The standard InChI is InChI=1S/C39H57N3O3S2/c1-37-15-17-46-47-25-38(31(23-41-36(40)42-38)19-26-8-5-11-28(18-26)27-9-3-2-4-10-27)14-6-12-32-34-21-30(37)20-29(24-44)33(13-7-16-43)39(34,37)22-35(32)45/h5,8,11,18,27,29-31,33,43-44H,2-4,6-7,9-10,12-17,19-25H2,1H3,(H3,40,41,42)/t29-,30-,31+,33-,37+,38-,39+/m1/s1. The highest BCUT2D eigenvalue weighted by Crippen LogP contribution is 2.75. The molecule has 8 heteroatoms. The molecule has 47 heavy (non-hydrogen) atoms. The summed E-state index contributed by atoms with van der Waals surface area (Å²) >= 11 is 0. The first-order valence-electron chi connectivity index (χ1n) is 18.7. The van der Waals surface area contributed by atoms with Gasteiger partial charge >= 0.3 is 0 Å². The number of aliphatic hydroxyl groups is 2. The average Bonchev–Trinajstić information content (AvgIpc) is 3.41. The highest BCUT2D eigenvalue weighted by atomic mass is 33.1. The molecule has 0 aromatic heterocycles. The number of nitrogens with one attached hydrogen (secondary N) is 1. The molecule has 6 aliphatic rings. The van der Waals surface area contributed by atoms with Gasteiger partial charge in [0.25, 0.3) is 0 Å². The van der Waals surface area contributed by atoms with E-state index in [0.29, 0.717) is 35.9 Å². The van der Waals surface area contributed by atoms with Gasteiger partial charge in [0.2, 0.25) is 0 Å². The second-order valence-electron chi connectivity index (χ2n) is 16.2. The van der Waals surface area contributed by atoms with Crippen LogP contribution in [0.15, 0.2) is 40.4 Å². The number of hydrogen-bond acceptors (Lipinski definition) is 8. The van der Waals surface area contributed by atoms with Gasteiger partial charge in [0.15, 0.2) is 11.7 Å². The summed E-state index contributed by atoms with van der Waals surface area (Å²) in [6.07, 6.45) is 15.8. The predicted molar refractivity (Wildman–Crippen MR) is 196 cm³/mol. The summed E-state index contributed by atoms with van der Waals surface area (Å²) in [4.78, 5) is 18.9. The minimum Gasteiger partial charge on any atom is -0.396 e. The lowest BCUT2D eigenvalue weighted by atomic mass is 9.47. The minimum absolute atomic E-state index is 0.0525. The molecular formula is C39H57N3O3S2. The van der Waals surface area contributed by atoms with Crippen LogP contribution in [-0.2, 0) is 11.2 Å². The van der Waals surface area contributed by atoms with Gasteiger partial charge < -0.3 is 21.3 Å². The molecule has 7 rings (SSSR count). The highest BCUT2D eigenvalue weighted by Gasteiger charge is 2.69. The molecule has 5 bridgehead atoms. The van der Waals surface area contributed by atoms with Crippen LogP contribution < -0.4 is 11.1 Å². The largest absolute Gasteiger partial charge is 0.396 e. The average molecular weight is 680 g/mol. The molecule has 3 fully saturated rings. The van der Waals surface area contributed by atoms with E-state index in [1.54, 1.807) is 0 Å². The molecule has 7 atom stereocenters. The molecule has 0 radical (unpaired) electrons. The molecule has 4 aliphatic carbocycles. The smallest absolute Gasteiger partial charge is 0.189 e. The summed E-state index contributed by atoms with van der Waals surface area (Å²) in [5, 5.41) is 24.2. The zero-order valence-corrected chi connectivity index (χ0v) is 30.1. The van der Waals surface area contributed by atoms with Crippen LogP contribution in [0.3, 0.4) is 0 Å². The Morgan fingerprint density at radius 3 is 2.77 bits per heavy atom. The number of nitrogens with zero attached hydrogens (tertiary/aromatic N) is 1. The molecule has 2 spiro atoms. The van der Waals surface area contributed by atoms with Crippen molar-refractivity contribution in [3.8, 4) is 0 Å². The highest BCUT2D eigenvalue weighted by molar-refractivity contribution is 8.76. The third-order valence-electron chi connectivity index (χ3n) is 14.1. The van der Waals surface area contributed by atoms with Crippen LogP contribution >= 0.6 is 21.6 Å². The molecule has 2 aliphatic heterocycles. The van der Waals surface area contributed by atoms with Gasteiger partial charge in [-0.2, -0.15) is 0 Å². The van der Waals surface area contributed by atoms with Crippen LogP contribution in [0.4, 0.5) is 0 Å². The maximum atomic E-state index is 14.1. The SMILES string of the molecule is C[C@]12CCSSC[C@@]3(CCCC4=C5C[C@H]1C[C@H](CO)[C@@H](CCCO)[C@@]52CC4=O)NC(N)=NC[C@@H]3Cc1cccc(C2CCCCC2)c1. The first-order valence-corrected chi connectivity index (χ1v) is 21.2. The molecule has 0 amide bonds. The summed E-state index contributed by atoms with van der Waals surface area (Å²) in [7, 11) is 4.01. The number of nitrogens with two attached hydrogens (primary N) is 1. The second-order valence-corrected chi connectivity index (χ2v) is 18.8. The lowest BCUT2D eigenvalue weighted by Crippen LogP contribution is -2.61. The van der Waals surface area contributed by atoms with Crippen molar-refractivity contribution in [2.24, 2.45) is 45.2 Å². The summed E-state index contributed by atoms with van der Waals surface area (Å²) in [6, 6.07) is 9.41. The van der Waals surface area contributed by atoms with Gasteiger partial charge in [-0.25, -0.2) is 0 Å². The zero-order chi connectivity index (χ0) is 32.6.